The van der Waals surface area contributed by atoms with Crippen molar-refractivity contribution in [1.29, 1.82) is 0 Å². The minimum atomic E-state index is -0.235. The maximum Gasteiger partial charge on any atom is 0.144 e. The van der Waals surface area contributed by atoms with Gasteiger partial charge in [0.25, 0.3) is 0 Å². The molecule has 2 N–H and O–H groups in total. The minimum Gasteiger partial charge on any atom is -0.369 e. The van der Waals surface area contributed by atoms with Gasteiger partial charge in [-0.3, -0.25) is 0 Å². The molecule has 2 aromatic heterocycles. The van der Waals surface area contributed by atoms with Gasteiger partial charge in [-0.25, -0.2) is 14.4 Å². The van der Waals surface area contributed by atoms with Crippen molar-refractivity contribution in [1.82, 2.24) is 19.9 Å². The first-order chi connectivity index (χ1) is 15.7. The first kappa shape index (κ1) is 20.9. The summed E-state index contributed by atoms with van der Waals surface area (Å²) >= 11 is 0. The molecule has 1 aliphatic rings. The number of hydrogen-bond acceptors (Lipinski definition) is 4. The molecular formula is C26H30FN5. The summed E-state index contributed by atoms with van der Waals surface area (Å²) in [5.41, 5.74) is 3.96. The van der Waals surface area contributed by atoms with Gasteiger partial charge in [0.05, 0.1) is 5.39 Å². The number of aryl methyl sites for hydroxylation is 1. The molecule has 6 heteroatoms. The lowest BCUT2D eigenvalue weighted by atomic mass is 10.1. The summed E-state index contributed by atoms with van der Waals surface area (Å²) in [4.78, 5) is 15.7. The molecular weight excluding hydrogens is 401 g/mol. The Hall–Kier alpha value is -2.99. The van der Waals surface area contributed by atoms with Crippen LogP contribution in [-0.2, 0) is 6.42 Å². The van der Waals surface area contributed by atoms with Crippen LogP contribution < -0.4 is 5.32 Å². The number of benzene rings is 2. The molecule has 5 nitrogen and oxygen atoms in total. The number of fused-ring (bicyclic) bond motifs is 3. The highest BCUT2D eigenvalue weighted by atomic mass is 19.1. The van der Waals surface area contributed by atoms with E-state index >= 15 is 0 Å². The fraction of sp³-hybridized carbons (Fsp3) is 0.385. The second kappa shape index (κ2) is 9.25. The zero-order valence-electron chi connectivity index (χ0n) is 18.6. The fourth-order valence-corrected chi connectivity index (χ4v) is 4.69. The van der Waals surface area contributed by atoms with E-state index in [2.05, 4.69) is 40.3 Å². The number of halogens is 1. The molecule has 4 aromatic rings. The van der Waals surface area contributed by atoms with Crippen molar-refractivity contribution in [3.8, 4) is 0 Å². The monoisotopic (exact) mass is 431 g/mol. The van der Waals surface area contributed by atoms with Crippen LogP contribution in [0.25, 0.3) is 21.9 Å². The van der Waals surface area contributed by atoms with Gasteiger partial charge in [0.1, 0.15) is 23.1 Å². The number of nitrogens with one attached hydrogen (secondary N) is 2. The van der Waals surface area contributed by atoms with Crippen LogP contribution in [0.5, 0.6) is 0 Å². The zero-order valence-corrected chi connectivity index (χ0v) is 18.6. The van der Waals surface area contributed by atoms with Crippen LogP contribution >= 0.6 is 0 Å². The first-order valence-electron chi connectivity index (χ1n) is 11.7. The third-order valence-corrected chi connectivity index (χ3v) is 6.30. The van der Waals surface area contributed by atoms with Crippen LogP contribution in [0.2, 0.25) is 0 Å². The first-order valence-corrected chi connectivity index (χ1v) is 11.7. The van der Waals surface area contributed by atoms with Gasteiger partial charge in [0.15, 0.2) is 0 Å². The average Bonchev–Trinajstić information content (AvgIpc) is 3.14. The van der Waals surface area contributed by atoms with Gasteiger partial charge in [0.2, 0.25) is 0 Å². The summed E-state index contributed by atoms with van der Waals surface area (Å²) in [5.74, 6) is 1.31. The predicted octanol–water partition coefficient (Wildman–Crippen LogP) is 5.44. The SMILES string of the molecule is Cc1ccc2c(c1)[nH]c1nc(Cc3cccc(F)c3)nc(NCCCN3CCCCC3)c12. The molecule has 1 fully saturated rings. The quantitative estimate of drug-likeness (QED) is 0.383. The molecule has 0 atom stereocenters. The number of nitrogens with zero attached hydrogens (tertiary/aromatic N) is 3. The van der Waals surface area contributed by atoms with E-state index in [4.69, 9.17) is 9.97 Å². The maximum absolute atomic E-state index is 13.7. The summed E-state index contributed by atoms with van der Waals surface area (Å²) in [6, 6.07) is 13.1. The lowest BCUT2D eigenvalue weighted by Gasteiger charge is -2.26. The van der Waals surface area contributed by atoms with Crippen molar-refractivity contribution in [2.75, 3.05) is 31.5 Å². The highest BCUT2D eigenvalue weighted by molar-refractivity contribution is 6.11. The highest BCUT2D eigenvalue weighted by Gasteiger charge is 2.15. The van der Waals surface area contributed by atoms with Gasteiger partial charge in [0, 0.05) is 23.9 Å². The van der Waals surface area contributed by atoms with Crippen LogP contribution in [-0.4, -0.2) is 46.0 Å². The van der Waals surface area contributed by atoms with Crippen molar-refractivity contribution >= 4 is 27.8 Å². The third-order valence-electron chi connectivity index (χ3n) is 6.30. The number of rotatable bonds is 7. The van der Waals surface area contributed by atoms with Crippen LogP contribution in [0, 0.1) is 12.7 Å². The number of piperidine rings is 1. The molecule has 1 saturated heterocycles. The Morgan fingerprint density at radius 1 is 1.06 bits per heavy atom. The minimum absolute atomic E-state index is 0.235. The molecule has 0 spiro atoms. The second-order valence-electron chi connectivity index (χ2n) is 8.88. The Labute approximate surface area is 188 Å². The van der Waals surface area contributed by atoms with Crippen LogP contribution in [0.4, 0.5) is 10.2 Å². The lowest BCUT2D eigenvalue weighted by Crippen LogP contribution is -2.31. The van der Waals surface area contributed by atoms with E-state index in [0.717, 1.165) is 52.8 Å². The largest absolute Gasteiger partial charge is 0.369 e. The van der Waals surface area contributed by atoms with E-state index in [0.29, 0.717) is 12.2 Å². The number of anilines is 1. The summed E-state index contributed by atoms with van der Waals surface area (Å²) in [6.45, 7) is 6.51. The van der Waals surface area contributed by atoms with E-state index in [9.17, 15) is 4.39 Å². The molecule has 0 aliphatic carbocycles. The van der Waals surface area contributed by atoms with E-state index in [1.165, 1.54) is 44.0 Å². The van der Waals surface area contributed by atoms with E-state index in [1.54, 1.807) is 12.1 Å². The van der Waals surface area contributed by atoms with Crippen LogP contribution in [0.15, 0.2) is 42.5 Å². The van der Waals surface area contributed by atoms with Gasteiger partial charge < -0.3 is 15.2 Å². The Balaban J connectivity index is 1.42. The van der Waals surface area contributed by atoms with Crippen molar-refractivity contribution in [2.24, 2.45) is 0 Å². The third kappa shape index (κ3) is 4.60. The highest BCUT2D eigenvalue weighted by Crippen LogP contribution is 2.30. The molecule has 2 aromatic carbocycles. The Bertz CT molecular complexity index is 1230. The van der Waals surface area contributed by atoms with E-state index < -0.39 is 0 Å². The number of aromatic amines is 1. The Morgan fingerprint density at radius 3 is 2.78 bits per heavy atom. The summed E-state index contributed by atoms with van der Waals surface area (Å²) < 4.78 is 13.7. The predicted molar refractivity (Wildman–Crippen MR) is 129 cm³/mol. The fourth-order valence-electron chi connectivity index (χ4n) is 4.69. The van der Waals surface area contributed by atoms with Gasteiger partial charge in [-0.1, -0.05) is 30.7 Å². The summed E-state index contributed by atoms with van der Waals surface area (Å²) in [7, 11) is 0. The standard InChI is InChI=1S/C26H30FN5/c1-18-9-10-21-22(15-18)29-26-24(21)25(28-11-6-14-32-12-3-2-4-13-32)30-23(31-26)17-19-7-5-8-20(27)16-19/h5,7-10,15-16H,2-4,6,11-14,17H2,1H3,(H2,28,29,30,31). The van der Waals surface area contributed by atoms with E-state index in [1.807, 2.05) is 6.07 Å². The molecule has 3 heterocycles. The van der Waals surface area contributed by atoms with Gasteiger partial charge in [-0.2, -0.15) is 0 Å². The zero-order chi connectivity index (χ0) is 21.9. The molecule has 32 heavy (non-hydrogen) atoms. The number of H-pyrrole nitrogens is 1. The van der Waals surface area contributed by atoms with Gasteiger partial charge in [-0.05, 0) is 75.1 Å². The number of hydrogen-bond donors (Lipinski definition) is 2. The lowest BCUT2D eigenvalue weighted by molar-refractivity contribution is 0.228. The number of aromatic nitrogens is 3. The van der Waals surface area contributed by atoms with E-state index in [-0.39, 0.29) is 5.82 Å². The molecule has 0 unspecified atom stereocenters. The topological polar surface area (TPSA) is 56.8 Å². The van der Waals surface area contributed by atoms with Crippen molar-refractivity contribution in [3.05, 3.63) is 65.2 Å². The van der Waals surface area contributed by atoms with Crippen molar-refractivity contribution < 1.29 is 4.39 Å². The molecule has 0 saturated carbocycles. The Kier molecular flexibility index (Phi) is 6.04. The average molecular weight is 432 g/mol. The smallest absolute Gasteiger partial charge is 0.144 e. The summed E-state index contributed by atoms with van der Waals surface area (Å²) in [5, 5.41) is 5.74. The second-order valence-corrected chi connectivity index (χ2v) is 8.88. The molecule has 0 radical (unpaired) electrons. The maximum atomic E-state index is 13.7. The Morgan fingerprint density at radius 2 is 1.94 bits per heavy atom. The molecule has 166 valence electrons. The van der Waals surface area contributed by atoms with Crippen molar-refractivity contribution in [3.63, 3.8) is 0 Å². The van der Waals surface area contributed by atoms with Gasteiger partial charge >= 0.3 is 0 Å². The molecule has 1 aliphatic heterocycles. The normalized spacial score (nSPS) is 14.9. The summed E-state index contributed by atoms with van der Waals surface area (Å²) in [6.07, 6.45) is 5.56. The molecule has 0 amide bonds. The van der Waals surface area contributed by atoms with Crippen LogP contribution in [0.3, 0.4) is 0 Å². The van der Waals surface area contributed by atoms with Crippen molar-refractivity contribution in [2.45, 2.75) is 39.0 Å². The van der Waals surface area contributed by atoms with Gasteiger partial charge in [-0.15, -0.1) is 0 Å². The molecule has 5 rings (SSSR count). The molecule has 0 bridgehead atoms. The number of likely N-dealkylation sites (tertiary alicyclic amines) is 1. The van der Waals surface area contributed by atoms with Crippen LogP contribution in [0.1, 0.15) is 42.6 Å².